The van der Waals surface area contributed by atoms with E-state index < -0.39 is 0 Å². The van der Waals surface area contributed by atoms with Gasteiger partial charge in [0.15, 0.2) is 0 Å². The molecular weight excluding hydrogens is 216 g/mol. The third kappa shape index (κ3) is 1.80. The van der Waals surface area contributed by atoms with Crippen molar-refractivity contribution < 1.29 is 0 Å². The molecule has 90 valence electrons. The lowest BCUT2D eigenvalue weighted by molar-refractivity contribution is 1.45. The quantitative estimate of drug-likeness (QED) is 0.668. The Bertz CT molecular complexity index is 607. The van der Waals surface area contributed by atoms with E-state index in [1.165, 1.54) is 16.7 Å². The van der Waals surface area contributed by atoms with Crippen molar-refractivity contribution in [3.05, 3.63) is 84.0 Å². The molecule has 2 rings (SSSR count). The van der Waals surface area contributed by atoms with Crippen molar-refractivity contribution in [1.29, 1.82) is 0 Å². The van der Waals surface area contributed by atoms with Gasteiger partial charge in [0.25, 0.3) is 0 Å². The van der Waals surface area contributed by atoms with E-state index in [-0.39, 0.29) is 0 Å². The number of allylic oxidation sites excluding steroid dienone is 7. The molecule has 0 unspecified atom stereocenters. The first-order valence-corrected chi connectivity index (χ1v) is 6.09. The maximum atomic E-state index is 4.22. The molecule has 0 radical (unpaired) electrons. The number of benzene rings is 1. The first-order chi connectivity index (χ1) is 8.60. The van der Waals surface area contributed by atoms with Crippen molar-refractivity contribution in [3.8, 4) is 0 Å². The van der Waals surface area contributed by atoms with Gasteiger partial charge in [-0.3, -0.25) is 0 Å². The summed E-state index contributed by atoms with van der Waals surface area (Å²) in [6.45, 7) is 16.4. The van der Waals surface area contributed by atoms with Gasteiger partial charge in [-0.15, -0.1) is 0 Å². The monoisotopic (exact) mass is 234 g/mol. The average Bonchev–Trinajstić information content (AvgIpc) is 2.59. The number of rotatable bonds is 2. The van der Waals surface area contributed by atoms with Gasteiger partial charge in [-0.1, -0.05) is 61.7 Å². The van der Waals surface area contributed by atoms with E-state index in [1.807, 2.05) is 19.1 Å². The highest BCUT2D eigenvalue weighted by atomic mass is 14.3. The van der Waals surface area contributed by atoms with Crippen LogP contribution in [-0.2, 0) is 0 Å². The van der Waals surface area contributed by atoms with Gasteiger partial charge in [0.05, 0.1) is 0 Å². The van der Waals surface area contributed by atoms with Crippen LogP contribution in [0, 0.1) is 6.92 Å². The largest absolute Gasteiger partial charge is 0.0984 e. The smallest absolute Gasteiger partial charge is 0.00386 e. The maximum absolute atomic E-state index is 4.22. The topological polar surface area (TPSA) is 0 Å². The number of hydrogen-bond acceptors (Lipinski definition) is 0. The molecule has 0 fully saturated rings. The predicted octanol–water partition coefficient (Wildman–Crippen LogP) is 5.09. The van der Waals surface area contributed by atoms with Gasteiger partial charge in [0.1, 0.15) is 0 Å². The lowest BCUT2D eigenvalue weighted by Gasteiger charge is -2.05. The normalized spacial score (nSPS) is 17.2. The molecule has 1 aliphatic rings. The minimum atomic E-state index is 1.04. The van der Waals surface area contributed by atoms with Crippen LogP contribution in [0.5, 0.6) is 0 Å². The van der Waals surface area contributed by atoms with Crippen LogP contribution in [0.3, 0.4) is 0 Å². The highest BCUT2D eigenvalue weighted by Gasteiger charge is 2.24. The summed E-state index contributed by atoms with van der Waals surface area (Å²) in [5, 5.41) is 0. The van der Waals surface area contributed by atoms with E-state index in [9.17, 15) is 0 Å². The third-order valence-corrected chi connectivity index (χ3v) is 3.28. The predicted molar refractivity (Wildman–Crippen MR) is 81.3 cm³/mol. The summed E-state index contributed by atoms with van der Waals surface area (Å²) in [5.74, 6) is 0. The van der Waals surface area contributed by atoms with Gasteiger partial charge in [0.2, 0.25) is 0 Å². The van der Waals surface area contributed by atoms with Crippen LogP contribution in [0.25, 0.3) is 11.1 Å². The van der Waals surface area contributed by atoms with Crippen molar-refractivity contribution in [2.24, 2.45) is 0 Å². The molecule has 0 bridgehead atoms. The van der Waals surface area contributed by atoms with Crippen molar-refractivity contribution in [3.63, 3.8) is 0 Å². The lowest BCUT2D eigenvalue weighted by Crippen LogP contribution is -1.84. The van der Waals surface area contributed by atoms with Crippen LogP contribution in [0.1, 0.15) is 23.6 Å². The van der Waals surface area contributed by atoms with E-state index in [0.29, 0.717) is 0 Å². The first kappa shape index (κ1) is 12.4. The molecule has 1 aliphatic carbocycles. The van der Waals surface area contributed by atoms with Gasteiger partial charge in [-0.05, 0) is 47.3 Å². The number of fused-ring (bicyclic) bond motifs is 1. The Morgan fingerprint density at radius 1 is 1.11 bits per heavy atom. The molecule has 0 saturated carbocycles. The molecule has 0 saturated heterocycles. The van der Waals surface area contributed by atoms with Crippen LogP contribution in [0.15, 0.2) is 67.3 Å². The highest BCUT2D eigenvalue weighted by molar-refractivity contribution is 6.08. The van der Waals surface area contributed by atoms with Gasteiger partial charge >= 0.3 is 0 Å². The zero-order chi connectivity index (χ0) is 13.3. The molecule has 18 heavy (non-hydrogen) atoms. The van der Waals surface area contributed by atoms with Crippen molar-refractivity contribution in [1.82, 2.24) is 0 Å². The molecule has 0 amide bonds. The Hall–Kier alpha value is -2.08. The third-order valence-electron chi connectivity index (χ3n) is 3.28. The molecule has 0 N–H and O–H groups in total. The van der Waals surface area contributed by atoms with Gasteiger partial charge in [-0.25, -0.2) is 0 Å². The second-order valence-electron chi connectivity index (χ2n) is 4.54. The lowest BCUT2D eigenvalue weighted by atomic mass is 9.99. The first-order valence-electron chi connectivity index (χ1n) is 6.09. The van der Waals surface area contributed by atoms with Gasteiger partial charge < -0.3 is 0 Å². The van der Waals surface area contributed by atoms with E-state index in [2.05, 4.69) is 50.9 Å². The Kier molecular flexibility index (Phi) is 3.20. The Labute approximate surface area is 109 Å². The summed E-state index contributed by atoms with van der Waals surface area (Å²) in [7, 11) is 0. The van der Waals surface area contributed by atoms with Crippen LogP contribution >= 0.6 is 0 Å². The second kappa shape index (κ2) is 4.66. The van der Waals surface area contributed by atoms with Crippen molar-refractivity contribution in [2.75, 3.05) is 0 Å². The highest BCUT2D eigenvalue weighted by Crippen LogP contribution is 2.45. The molecule has 0 aromatic heterocycles. The van der Waals surface area contributed by atoms with Gasteiger partial charge in [-0.2, -0.15) is 0 Å². The molecule has 0 atom stereocenters. The molecule has 0 heterocycles. The zero-order valence-electron chi connectivity index (χ0n) is 11.1. The standard InChI is InChI=1S/C18H18/c1-6-8-15(7-2)18-13(4)16-10-9-12(3)11-17(16)14(18)5/h6-11H,2,4-5H2,1,3H3/b8-6-,18-15-. The fourth-order valence-corrected chi connectivity index (χ4v) is 2.40. The summed E-state index contributed by atoms with van der Waals surface area (Å²) in [6.07, 6.45) is 5.93. The Morgan fingerprint density at radius 2 is 1.78 bits per heavy atom. The molecule has 0 aliphatic heterocycles. The van der Waals surface area contributed by atoms with Crippen LogP contribution < -0.4 is 0 Å². The minimum Gasteiger partial charge on any atom is -0.0984 e. The molecule has 1 aromatic rings. The average molecular weight is 234 g/mol. The van der Waals surface area contributed by atoms with E-state index >= 15 is 0 Å². The summed E-state index contributed by atoms with van der Waals surface area (Å²) < 4.78 is 0. The summed E-state index contributed by atoms with van der Waals surface area (Å²) >= 11 is 0. The van der Waals surface area contributed by atoms with E-state index in [4.69, 9.17) is 0 Å². The summed E-state index contributed by atoms with van der Waals surface area (Å²) in [6, 6.07) is 6.41. The second-order valence-corrected chi connectivity index (χ2v) is 4.54. The number of aryl methyl sites for hydroxylation is 1. The van der Waals surface area contributed by atoms with Gasteiger partial charge in [0, 0.05) is 0 Å². The fourth-order valence-electron chi connectivity index (χ4n) is 2.40. The van der Waals surface area contributed by atoms with Crippen molar-refractivity contribution >= 4 is 11.1 Å². The minimum absolute atomic E-state index is 1.04. The SMILES string of the molecule is C=CC(/C=C\C)=C1\C(=C)c2ccc(C)cc2C1=C. The number of hydrogen-bond donors (Lipinski definition) is 0. The van der Waals surface area contributed by atoms with Crippen LogP contribution in [0.4, 0.5) is 0 Å². The molecular formula is C18H18. The molecule has 1 aromatic carbocycles. The van der Waals surface area contributed by atoms with E-state index in [0.717, 1.165) is 22.3 Å². The van der Waals surface area contributed by atoms with E-state index in [1.54, 1.807) is 0 Å². The maximum Gasteiger partial charge on any atom is -0.00386 e. The summed E-state index contributed by atoms with van der Waals surface area (Å²) in [4.78, 5) is 0. The molecule has 0 heteroatoms. The summed E-state index contributed by atoms with van der Waals surface area (Å²) in [5.41, 5.74) is 7.91. The zero-order valence-corrected chi connectivity index (χ0v) is 11.1. The van der Waals surface area contributed by atoms with Crippen LogP contribution in [0.2, 0.25) is 0 Å². The fraction of sp³-hybridized carbons (Fsp3) is 0.111. The molecule has 0 spiro atoms. The Balaban J connectivity index is 2.69. The Morgan fingerprint density at radius 3 is 2.39 bits per heavy atom. The molecule has 0 nitrogen and oxygen atoms in total. The van der Waals surface area contributed by atoms with Crippen molar-refractivity contribution in [2.45, 2.75) is 13.8 Å². The van der Waals surface area contributed by atoms with Crippen LogP contribution in [-0.4, -0.2) is 0 Å².